The molecule has 0 aliphatic heterocycles. The highest BCUT2D eigenvalue weighted by Crippen LogP contribution is 2.05. The highest BCUT2D eigenvalue weighted by Gasteiger charge is 2.33. The van der Waals surface area contributed by atoms with Crippen LogP contribution in [0.2, 0.25) is 0 Å². The maximum Gasteiger partial charge on any atom is 0.326 e. The van der Waals surface area contributed by atoms with E-state index in [4.69, 9.17) is 10.8 Å². The van der Waals surface area contributed by atoms with E-state index in [2.05, 4.69) is 31.2 Å². The number of aliphatic hydroxyl groups excluding tert-OH is 1. The number of carboxylic acids is 2. The summed E-state index contributed by atoms with van der Waals surface area (Å²) in [6.45, 7) is 3.96. The fourth-order valence-corrected chi connectivity index (χ4v) is 2.98. The first-order chi connectivity index (χ1) is 17.2. The quantitative estimate of drug-likeness (QED) is 0.108. The molecule has 0 aliphatic carbocycles. The van der Waals surface area contributed by atoms with Crippen molar-refractivity contribution < 1.29 is 44.1 Å². The lowest BCUT2D eigenvalue weighted by atomic mass is 10.1. The van der Waals surface area contributed by atoms with Crippen LogP contribution in [-0.4, -0.2) is 97.2 Å². The van der Waals surface area contributed by atoms with Gasteiger partial charge in [0.15, 0.2) is 0 Å². The molecule has 37 heavy (non-hydrogen) atoms. The van der Waals surface area contributed by atoms with Crippen LogP contribution in [0.4, 0.5) is 0 Å². The lowest BCUT2D eigenvalue weighted by Crippen LogP contribution is -2.60. The molecule has 16 nitrogen and oxygen atoms in total. The molecule has 1 rings (SSSR count). The number of amides is 4. The average molecular weight is 528 g/mol. The predicted octanol–water partition coefficient (Wildman–Crippen LogP) is -3.41. The van der Waals surface area contributed by atoms with E-state index in [0.717, 1.165) is 0 Å². The molecule has 0 fully saturated rings. The van der Waals surface area contributed by atoms with Gasteiger partial charge in [0.05, 0.1) is 18.5 Å². The monoisotopic (exact) mass is 527 g/mol. The third-order valence-electron chi connectivity index (χ3n) is 5.10. The molecule has 0 radical (unpaired) electrons. The van der Waals surface area contributed by atoms with Gasteiger partial charge in [-0.25, -0.2) is 9.78 Å². The van der Waals surface area contributed by atoms with Crippen LogP contribution in [0.5, 0.6) is 0 Å². The van der Waals surface area contributed by atoms with Gasteiger partial charge in [0, 0.05) is 24.7 Å². The second kappa shape index (κ2) is 14.5. The lowest BCUT2D eigenvalue weighted by Gasteiger charge is -2.26. The van der Waals surface area contributed by atoms with E-state index in [9.17, 15) is 39.0 Å². The Kier molecular flexibility index (Phi) is 12.1. The van der Waals surface area contributed by atoms with E-state index in [1.807, 2.05) is 0 Å². The third kappa shape index (κ3) is 10.6. The summed E-state index contributed by atoms with van der Waals surface area (Å²) >= 11 is 0. The van der Waals surface area contributed by atoms with Crippen molar-refractivity contribution in [2.45, 2.75) is 76.3 Å². The summed E-state index contributed by atoms with van der Waals surface area (Å²) in [6, 6.07) is -6.50. The van der Waals surface area contributed by atoms with E-state index < -0.39 is 84.7 Å². The number of aliphatic hydroxyl groups is 1. The lowest BCUT2D eigenvalue weighted by molar-refractivity contribution is -0.143. The largest absolute Gasteiger partial charge is 0.481 e. The Morgan fingerprint density at radius 1 is 0.919 bits per heavy atom. The van der Waals surface area contributed by atoms with Crippen LogP contribution in [0, 0.1) is 0 Å². The maximum absolute atomic E-state index is 13.0. The number of hydrogen-bond acceptors (Lipinski definition) is 9. The van der Waals surface area contributed by atoms with Crippen molar-refractivity contribution in [3.63, 3.8) is 0 Å². The van der Waals surface area contributed by atoms with Gasteiger partial charge in [-0.15, -0.1) is 0 Å². The third-order valence-corrected chi connectivity index (χ3v) is 5.10. The summed E-state index contributed by atoms with van der Waals surface area (Å²) in [5.74, 6) is -6.10. The molecule has 16 heteroatoms. The number of aliphatic carboxylic acids is 2. The second-order valence-electron chi connectivity index (χ2n) is 8.42. The maximum atomic E-state index is 13.0. The predicted molar refractivity (Wildman–Crippen MR) is 126 cm³/mol. The van der Waals surface area contributed by atoms with Crippen LogP contribution in [0.15, 0.2) is 12.5 Å². The fraction of sp³-hybridized carbons (Fsp3) is 0.571. The molecule has 0 saturated carbocycles. The minimum Gasteiger partial charge on any atom is -0.481 e. The summed E-state index contributed by atoms with van der Waals surface area (Å²) in [7, 11) is 0. The van der Waals surface area contributed by atoms with Gasteiger partial charge in [0.25, 0.3) is 0 Å². The number of nitrogens with two attached hydrogens (primary N) is 1. The number of hydrogen-bond donors (Lipinski definition) is 9. The second-order valence-corrected chi connectivity index (χ2v) is 8.42. The smallest absolute Gasteiger partial charge is 0.326 e. The Balaban J connectivity index is 3.03. The van der Waals surface area contributed by atoms with Crippen molar-refractivity contribution in [3.05, 3.63) is 18.2 Å². The molecule has 4 amide bonds. The highest BCUT2D eigenvalue weighted by atomic mass is 16.4. The summed E-state index contributed by atoms with van der Waals surface area (Å²) in [5, 5.41) is 37.4. The Hall–Kier alpha value is -4.05. The van der Waals surface area contributed by atoms with E-state index in [1.54, 1.807) is 0 Å². The van der Waals surface area contributed by atoms with Gasteiger partial charge < -0.3 is 47.3 Å². The molecular formula is C21H33N7O9. The molecule has 206 valence electrons. The number of aromatic nitrogens is 2. The van der Waals surface area contributed by atoms with E-state index in [0.29, 0.717) is 5.69 Å². The first kappa shape index (κ1) is 31.0. The number of imidazole rings is 1. The summed E-state index contributed by atoms with van der Waals surface area (Å²) < 4.78 is 0. The van der Waals surface area contributed by atoms with Crippen molar-refractivity contribution in [3.8, 4) is 0 Å². The van der Waals surface area contributed by atoms with E-state index >= 15 is 0 Å². The van der Waals surface area contributed by atoms with Crippen LogP contribution in [0.1, 0.15) is 39.3 Å². The van der Waals surface area contributed by atoms with Crippen LogP contribution in [-0.2, 0) is 35.2 Å². The van der Waals surface area contributed by atoms with E-state index in [-0.39, 0.29) is 6.42 Å². The minimum absolute atomic E-state index is 0.176. The van der Waals surface area contributed by atoms with Crippen LogP contribution in [0.3, 0.4) is 0 Å². The number of nitrogens with zero attached hydrogens (tertiary/aromatic N) is 1. The minimum atomic E-state index is -1.55. The molecule has 0 saturated heterocycles. The van der Waals surface area contributed by atoms with Crippen LogP contribution < -0.4 is 27.0 Å². The molecule has 0 aromatic carbocycles. The number of rotatable bonds is 15. The zero-order valence-electron chi connectivity index (χ0n) is 20.6. The summed E-state index contributed by atoms with van der Waals surface area (Å²) in [5.41, 5.74) is 5.84. The first-order valence-electron chi connectivity index (χ1n) is 11.3. The van der Waals surface area contributed by atoms with Crippen molar-refractivity contribution >= 4 is 35.6 Å². The number of H-pyrrole nitrogens is 1. The molecule has 1 aromatic rings. The van der Waals surface area contributed by atoms with Gasteiger partial charge in [0.2, 0.25) is 23.6 Å². The molecule has 1 heterocycles. The van der Waals surface area contributed by atoms with Gasteiger partial charge in [0.1, 0.15) is 24.2 Å². The molecular weight excluding hydrogens is 494 g/mol. The van der Waals surface area contributed by atoms with Crippen molar-refractivity contribution in [1.82, 2.24) is 31.2 Å². The molecule has 10 N–H and O–H groups in total. The number of nitrogens with one attached hydrogen (secondary N) is 5. The Morgan fingerprint density at radius 2 is 1.54 bits per heavy atom. The van der Waals surface area contributed by atoms with Gasteiger partial charge >= 0.3 is 11.9 Å². The molecule has 0 bridgehead atoms. The molecule has 0 aliphatic rings. The zero-order chi connectivity index (χ0) is 28.3. The van der Waals surface area contributed by atoms with Gasteiger partial charge in [-0.05, 0) is 27.2 Å². The Labute approximate surface area is 211 Å². The Bertz CT molecular complexity index is 966. The van der Waals surface area contributed by atoms with Crippen LogP contribution >= 0.6 is 0 Å². The number of aromatic amines is 1. The highest BCUT2D eigenvalue weighted by molar-refractivity contribution is 5.95. The normalized spacial score (nSPS) is 15.7. The van der Waals surface area contributed by atoms with Crippen molar-refractivity contribution in [2.24, 2.45) is 5.73 Å². The molecule has 0 unspecified atom stereocenters. The summed E-state index contributed by atoms with van der Waals surface area (Å²) in [6.07, 6.45) is 0.141. The number of carboxylic acid groups (broad SMARTS) is 2. The average Bonchev–Trinajstić information content (AvgIpc) is 3.31. The topological polar surface area (TPSA) is 266 Å². The fourth-order valence-electron chi connectivity index (χ4n) is 2.98. The standard InChI is InChI=1S/C21H33N7O9/c1-9(22)17(32)25-10(2)18(33)28-16(11(3)29)20(35)27-14(6-12-7-23-8-24-12)19(34)26-13(21(36)37)4-5-15(30)31/h7-11,13-14,16,29H,4-6,22H2,1-3H3,(H,23,24)(H,25,32)(H,26,34)(H,27,35)(H,28,33)(H,30,31)(H,36,37)/t9-,10-,11+,13-,14-,16-/m0/s1. The van der Waals surface area contributed by atoms with Gasteiger partial charge in [-0.2, -0.15) is 0 Å². The first-order valence-corrected chi connectivity index (χ1v) is 11.3. The SMILES string of the molecule is C[C@H](N)C(=O)N[C@@H](C)C(=O)N[C@H](C(=O)N[C@@H](Cc1cnc[nH]1)C(=O)N[C@@H](CCC(=O)O)C(=O)O)[C@@H](C)O. The van der Waals surface area contributed by atoms with Crippen molar-refractivity contribution in [2.75, 3.05) is 0 Å². The van der Waals surface area contributed by atoms with Gasteiger partial charge in [-0.3, -0.25) is 24.0 Å². The molecule has 6 atom stereocenters. The Morgan fingerprint density at radius 3 is 2.03 bits per heavy atom. The molecule has 1 aromatic heterocycles. The van der Waals surface area contributed by atoms with Crippen molar-refractivity contribution in [1.29, 1.82) is 0 Å². The van der Waals surface area contributed by atoms with Crippen LogP contribution in [0.25, 0.3) is 0 Å². The summed E-state index contributed by atoms with van der Waals surface area (Å²) in [4.78, 5) is 78.9. The zero-order valence-corrected chi connectivity index (χ0v) is 20.6. The number of carbonyl (C=O) groups is 6. The van der Waals surface area contributed by atoms with E-state index in [1.165, 1.54) is 33.3 Å². The molecule has 0 spiro atoms. The number of carbonyl (C=O) groups excluding carboxylic acids is 4. The van der Waals surface area contributed by atoms with Gasteiger partial charge in [-0.1, -0.05) is 0 Å².